The van der Waals surface area contributed by atoms with Crippen molar-refractivity contribution in [3.8, 4) is 0 Å². The molecule has 5 heteroatoms. The third kappa shape index (κ3) is 3.29. The third-order valence-corrected chi connectivity index (χ3v) is 5.15. The van der Waals surface area contributed by atoms with Crippen molar-refractivity contribution in [1.29, 1.82) is 0 Å². The maximum atomic E-state index is 12.7. The summed E-state index contributed by atoms with van der Waals surface area (Å²) in [5.41, 5.74) is 0.968. The average molecular weight is 271 g/mol. The van der Waals surface area contributed by atoms with Crippen molar-refractivity contribution in [1.82, 2.24) is 5.32 Å². The van der Waals surface area contributed by atoms with Crippen LogP contribution in [0.1, 0.15) is 24.8 Å². The number of hydrogen-bond donors (Lipinski definition) is 1. The number of nitrogens with one attached hydrogen (secondary N) is 1. The quantitative estimate of drug-likeness (QED) is 0.909. The molecule has 0 aromatic heterocycles. The van der Waals surface area contributed by atoms with E-state index in [-0.39, 0.29) is 17.1 Å². The van der Waals surface area contributed by atoms with Crippen LogP contribution in [0.4, 0.5) is 4.39 Å². The van der Waals surface area contributed by atoms with Crippen LogP contribution in [0.2, 0.25) is 0 Å². The molecular formula is C13H18FNO2S. The molecule has 0 amide bonds. The Kier molecular flexibility index (Phi) is 4.02. The molecule has 18 heavy (non-hydrogen) atoms. The van der Waals surface area contributed by atoms with Gasteiger partial charge in [0.2, 0.25) is 0 Å². The zero-order chi connectivity index (χ0) is 13.2. The van der Waals surface area contributed by atoms with Gasteiger partial charge in [-0.05, 0) is 30.5 Å². The van der Waals surface area contributed by atoms with Gasteiger partial charge in [0.1, 0.15) is 5.82 Å². The van der Waals surface area contributed by atoms with Gasteiger partial charge in [-0.2, -0.15) is 0 Å². The molecule has 0 heterocycles. The standard InChI is InChI=1S/C13H18FNO2S/c1-18(16,17)13-4-2-3-12(13)15-9-10-5-7-11(14)8-6-10/h5-8,12-13,15H,2-4,9H2,1H3. The molecule has 0 spiro atoms. The van der Waals surface area contributed by atoms with Crippen LogP contribution in [0.25, 0.3) is 0 Å². The highest BCUT2D eigenvalue weighted by atomic mass is 32.2. The van der Waals surface area contributed by atoms with Crippen LogP contribution >= 0.6 is 0 Å². The lowest BCUT2D eigenvalue weighted by molar-refractivity contribution is 0.507. The maximum Gasteiger partial charge on any atom is 0.151 e. The van der Waals surface area contributed by atoms with Crippen LogP contribution < -0.4 is 5.32 Å². The minimum atomic E-state index is -2.99. The Hall–Kier alpha value is -0.940. The number of hydrogen-bond acceptors (Lipinski definition) is 3. The van der Waals surface area contributed by atoms with E-state index in [1.54, 1.807) is 12.1 Å². The van der Waals surface area contributed by atoms with E-state index in [9.17, 15) is 12.8 Å². The van der Waals surface area contributed by atoms with Gasteiger partial charge in [0, 0.05) is 18.8 Å². The molecule has 1 saturated carbocycles. The second-order valence-corrected chi connectivity index (χ2v) is 7.18. The van der Waals surface area contributed by atoms with Crippen molar-refractivity contribution in [2.45, 2.75) is 37.1 Å². The van der Waals surface area contributed by atoms with Gasteiger partial charge < -0.3 is 5.32 Å². The van der Waals surface area contributed by atoms with Gasteiger partial charge in [-0.1, -0.05) is 18.6 Å². The van der Waals surface area contributed by atoms with E-state index >= 15 is 0 Å². The number of halogens is 1. The minimum absolute atomic E-state index is 0.0186. The summed E-state index contributed by atoms with van der Waals surface area (Å²) >= 11 is 0. The maximum absolute atomic E-state index is 12.7. The summed E-state index contributed by atoms with van der Waals surface area (Å²) in [5, 5.41) is 2.99. The summed E-state index contributed by atoms with van der Waals surface area (Å²) in [4.78, 5) is 0. The zero-order valence-corrected chi connectivity index (χ0v) is 11.2. The summed E-state index contributed by atoms with van der Waals surface area (Å²) in [6.45, 7) is 0.580. The first-order chi connectivity index (χ1) is 8.47. The highest BCUT2D eigenvalue weighted by Gasteiger charge is 2.34. The summed E-state index contributed by atoms with van der Waals surface area (Å²) in [6.07, 6.45) is 3.87. The molecular weight excluding hydrogens is 253 g/mol. The van der Waals surface area contributed by atoms with Crippen molar-refractivity contribution in [3.63, 3.8) is 0 Å². The molecule has 1 N–H and O–H groups in total. The van der Waals surface area contributed by atoms with Crippen LogP contribution in [0.5, 0.6) is 0 Å². The molecule has 0 saturated heterocycles. The first-order valence-corrected chi connectivity index (χ1v) is 8.09. The Morgan fingerprint density at radius 3 is 2.56 bits per heavy atom. The Bertz CT molecular complexity index is 498. The van der Waals surface area contributed by atoms with Crippen LogP contribution in [-0.4, -0.2) is 26.0 Å². The molecule has 3 nitrogen and oxygen atoms in total. The van der Waals surface area contributed by atoms with E-state index in [0.29, 0.717) is 6.54 Å². The number of benzene rings is 1. The minimum Gasteiger partial charge on any atom is -0.309 e. The lowest BCUT2D eigenvalue weighted by atomic mass is 10.2. The molecule has 2 unspecified atom stereocenters. The average Bonchev–Trinajstić information content (AvgIpc) is 2.76. The van der Waals surface area contributed by atoms with Crippen LogP contribution in [0.15, 0.2) is 24.3 Å². The second-order valence-electron chi connectivity index (χ2n) is 4.91. The smallest absolute Gasteiger partial charge is 0.151 e. The van der Waals surface area contributed by atoms with Gasteiger partial charge >= 0.3 is 0 Å². The fourth-order valence-electron chi connectivity index (χ4n) is 2.52. The first kappa shape index (κ1) is 13.5. The zero-order valence-electron chi connectivity index (χ0n) is 10.4. The molecule has 1 aliphatic rings. The fourth-order valence-corrected chi connectivity index (χ4v) is 3.95. The predicted molar refractivity (Wildman–Crippen MR) is 69.5 cm³/mol. The van der Waals surface area contributed by atoms with E-state index in [0.717, 1.165) is 24.8 Å². The summed E-state index contributed by atoms with van der Waals surface area (Å²) < 4.78 is 36.0. The molecule has 1 aromatic carbocycles. The van der Waals surface area contributed by atoms with E-state index in [2.05, 4.69) is 5.32 Å². The van der Waals surface area contributed by atoms with E-state index in [1.807, 2.05) is 0 Å². The van der Waals surface area contributed by atoms with Crippen LogP contribution in [-0.2, 0) is 16.4 Å². The van der Waals surface area contributed by atoms with Crippen molar-refractivity contribution < 1.29 is 12.8 Å². The molecule has 100 valence electrons. The number of rotatable bonds is 4. The van der Waals surface area contributed by atoms with Gasteiger partial charge in [-0.15, -0.1) is 0 Å². The Labute approximate surface area is 107 Å². The highest BCUT2D eigenvalue weighted by Crippen LogP contribution is 2.25. The van der Waals surface area contributed by atoms with Gasteiger partial charge in [-0.3, -0.25) is 0 Å². The molecule has 0 radical (unpaired) electrons. The Balaban J connectivity index is 1.96. The fraction of sp³-hybridized carbons (Fsp3) is 0.538. The highest BCUT2D eigenvalue weighted by molar-refractivity contribution is 7.91. The lowest BCUT2D eigenvalue weighted by Gasteiger charge is -2.19. The van der Waals surface area contributed by atoms with Crippen LogP contribution in [0.3, 0.4) is 0 Å². The van der Waals surface area contributed by atoms with E-state index in [4.69, 9.17) is 0 Å². The summed E-state index contributed by atoms with van der Waals surface area (Å²) in [7, 11) is -2.99. The van der Waals surface area contributed by atoms with Gasteiger partial charge in [0.25, 0.3) is 0 Å². The monoisotopic (exact) mass is 271 g/mol. The van der Waals surface area contributed by atoms with Crippen molar-refractivity contribution in [2.24, 2.45) is 0 Å². The SMILES string of the molecule is CS(=O)(=O)C1CCCC1NCc1ccc(F)cc1. The van der Waals surface area contributed by atoms with E-state index < -0.39 is 9.84 Å². The molecule has 1 aromatic rings. The molecule has 1 aliphatic carbocycles. The van der Waals surface area contributed by atoms with Gasteiger partial charge in [0.15, 0.2) is 9.84 Å². The molecule has 0 bridgehead atoms. The lowest BCUT2D eigenvalue weighted by Crippen LogP contribution is -2.39. The second kappa shape index (κ2) is 5.36. The molecule has 2 atom stereocenters. The Morgan fingerprint density at radius 1 is 1.28 bits per heavy atom. The van der Waals surface area contributed by atoms with Crippen LogP contribution in [0, 0.1) is 5.82 Å². The summed E-state index contributed by atoms with van der Waals surface area (Å²) in [6, 6.07) is 6.28. The topological polar surface area (TPSA) is 46.2 Å². The molecule has 1 fully saturated rings. The molecule has 2 rings (SSSR count). The van der Waals surface area contributed by atoms with Gasteiger partial charge in [-0.25, -0.2) is 12.8 Å². The predicted octanol–water partition coefficient (Wildman–Crippen LogP) is 1.88. The Morgan fingerprint density at radius 2 is 1.94 bits per heavy atom. The largest absolute Gasteiger partial charge is 0.309 e. The van der Waals surface area contributed by atoms with Crippen molar-refractivity contribution in [2.75, 3.05) is 6.26 Å². The summed E-state index contributed by atoms with van der Waals surface area (Å²) in [5.74, 6) is -0.256. The normalized spacial score (nSPS) is 24.3. The first-order valence-electron chi connectivity index (χ1n) is 6.13. The number of sulfone groups is 1. The molecule has 0 aliphatic heterocycles. The van der Waals surface area contributed by atoms with Crippen molar-refractivity contribution in [3.05, 3.63) is 35.6 Å². The third-order valence-electron chi connectivity index (χ3n) is 3.48. The van der Waals surface area contributed by atoms with E-state index in [1.165, 1.54) is 18.4 Å². The van der Waals surface area contributed by atoms with Gasteiger partial charge in [0.05, 0.1) is 5.25 Å². The van der Waals surface area contributed by atoms with Crippen molar-refractivity contribution >= 4 is 9.84 Å².